The van der Waals surface area contributed by atoms with Gasteiger partial charge >= 0.3 is 5.97 Å². The number of pyridine rings is 1. The lowest BCUT2D eigenvalue weighted by molar-refractivity contribution is -0.115. The molecule has 2 aromatic carbocycles. The van der Waals surface area contributed by atoms with Crippen molar-refractivity contribution in [2.45, 2.75) is 11.6 Å². The molecule has 9 nitrogen and oxygen atoms in total. The summed E-state index contributed by atoms with van der Waals surface area (Å²) in [6.07, 6.45) is 0.224. The van der Waals surface area contributed by atoms with Crippen LogP contribution in [-0.2, 0) is 9.53 Å². The zero-order chi connectivity index (χ0) is 26.1. The maximum absolute atomic E-state index is 12.9. The van der Waals surface area contributed by atoms with Crippen LogP contribution in [0, 0.1) is 0 Å². The second kappa shape index (κ2) is 10.3. The summed E-state index contributed by atoms with van der Waals surface area (Å²) in [4.78, 5) is 25.6. The third-order valence-corrected chi connectivity index (χ3v) is 7.92. The van der Waals surface area contributed by atoms with Gasteiger partial charge in [0.2, 0.25) is 5.91 Å². The summed E-state index contributed by atoms with van der Waals surface area (Å²) in [5, 5.41) is 15.5. The van der Waals surface area contributed by atoms with Crippen LogP contribution in [0.1, 0.15) is 16.8 Å². The third-order valence-electron chi connectivity index (χ3n) is 6.09. The highest BCUT2D eigenvalue weighted by molar-refractivity contribution is 7.99. The van der Waals surface area contributed by atoms with Gasteiger partial charge in [-0.25, -0.2) is 4.79 Å². The number of nitrogens with one attached hydrogen (secondary N) is 1. The van der Waals surface area contributed by atoms with Crippen molar-refractivity contribution in [3.05, 3.63) is 65.5 Å². The molecule has 0 saturated carbocycles. The lowest BCUT2D eigenvalue weighted by Gasteiger charge is -2.19. The molecule has 1 N–H and O–H groups in total. The maximum atomic E-state index is 12.9. The van der Waals surface area contributed by atoms with Crippen molar-refractivity contribution in [3.63, 3.8) is 0 Å². The monoisotopic (exact) mass is 546 g/mol. The van der Waals surface area contributed by atoms with Crippen molar-refractivity contribution < 1.29 is 23.8 Å². The van der Waals surface area contributed by atoms with Crippen molar-refractivity contribution in [2.75, 3.05) is 31.4 Å². The first-order chi connectivity index (χ1) is 18.6. The molecule has 4 heterocycles. The second-order valence-corrected chi connectivity index (χ2v) is 10.4. The average Bonchev–Trinajstić information content (AvgIpc) is 3.57. The Bertz CT molecular complexity index is 1680. The summed E-state index contributed by atoms with van der Waals surface area (Å²) in [5.41, 5.74) is 3.50. The minimum Gasteiger partial charge on any atom is -0.486 e. The Hall–Kier alpha value is -4.09. The Morgan fingerprint density at radius 1 is 1.08 bits per heavy atom. The number of hydrogen-bond acceptors (Lipinski definition) is 9. The summed E-state index contributed by atoms with van der Waals surface area (Å²) >= 11 is 2.73. The van der Waals surface area contributed by atoms with Gasteiger partial charge in [0.15, 0.2) is 22.3 Å². The highest BCUT2D eigenvalue weighted by Gasteiger charge is 2.24. The van der Waals surface area contributed by atoms with Crippen molar-refractivity contribution in [2.24, 2.45) is 0 Å². The van der Waals surface area contributed by atoms with E-state index in [4.69, 9.17) is 14.2 Å². The van der Waals surface area contributed by atoms with E-state index in [1.807, 2.05) is 64.4 Å². The number of nitrogens with zero attached hydrogens (tertiary/aromatic N) is 3. The number of anilines is 1. The maximum Gasteiger partial charge on any atom is 0.341 e. The van der Waals surface area contributed by atoms with E-state index in [-0.39, 0.29) is 12.3 Å². The van der Waals surface area contributed by atoms with Gasteiger partial charge in [0, 0.05) is 23.1 Å². The number of rotatable bonds is 7. The zero-order valence-corrected chi connectivity index (χ0v) is 21.9. The number of thiophene rings is 1. The molecule has 0 spiro atoms. The zero-order valence-electron chi connectivity index (χ0n) is 20.3. The predicted molar refractivity (Wildman–Crippen MR) is 147 cm³/mol. The van der Waals surface area contributed by atoms with Gasteiger partial charge in [-0.05, 0) is 41.3 Å². The number of aromatic nitrogens is 3. The van der Waals surface area contributed by atoms with Gasteiger partial charge in [-0.15, -0.1) is 21.5 Å². The number of benzene rings is 2. The smallest absolute Gasteiger partial charge is 0.341 e. The van der Waals surface area contributed by atoms with Crippen LogP contribution in [0.3, 0.4) is 0 Å². The molecule has 0 unspecified atom stereocenters. The molecule has 3 aromatic heterocycles. The molecule has 5 aromatic rings. The van der Waals surface area contributed by atoms with Crippen LogP contribution in [0.4, 0.5) is 5.00 Å². The van der Waals surface area contributed by atoms with Crippen molar-refractivity contribution in [3.8, 4) is 22.6 Å². The average molecular weight is 547 g/mol. The van der Waals surface area contributed by atoms with Gasteiger partial charge in [0.25, 0.3) is 0 Å². The van der Waals surface area contributed by atoms with Crippen LogP contribution in [0.15, 0.2) is 65.1 Å². The van der Waals surface area contributed by atoms with E-state index in [1.165, 1.54) is 30.2 Å². The van der Waals surface area contributed by atoms with Gasteiger partial charge in [-0.1, -0.05) is 36.0 Å². The molecule has 1 aliphatic rings. The molecule has 6 rings (SSSR count). The highest BCUT2D eigenvalue weighted by Crippen LogP contribution is 2.40. The largest absolute Gasteiger partial charge is 0.486 e. The highest BCUT2D eigenvalue weighted by atomic mass is 32.2. The fraction of sp³-hybridized carbons (Fsp3) is 0.185. The first-order valence-electron chi connectivity index (χ1n) is 11.9. The summed E-state index contributed by atoms with van der Waals surface area (Å²) in [7, 11) is 1.32. The topological polar surface area (TPSA) is 104 Å². The fourth-order valence-corrected chi connectivity index (χ4v) is 6.17. The van der Waals surface area contributed by atoms with Crippen LogP contribution < -0.4 is 14.8 Å². The van der Waals surface area contributed by atoms with Crippen LogP contribution >= 0.6 is 23.1 Å². The summed E-state index contributed by atoms with van der Waals surface area (Å²) in [6.45, 7) is 0.959. The minimum absolute atomic E-state index is 0.211. The number of carbonyl (C=O) groups excluding carboxylic acids is 2. The molecule has 0 atom stereocenters. The van der Waals surface area contributed by atoms with Gasteiger partial charge in [0.1, 0.15) is 23.8 Å². The van der Waals surface area contributed by atoms with E-state index in [0.717, 1.165) is 27.3 Å². The van der Waals surface area contributed by atoms with Crippen LogP contribution in [-0.4, -0.2) is 52.6 Å². The Labute approximate surface area is 225 Å². The van der Waals surface area contributed by atoms with E-state index in [2.05, 4.69) is 15.5 Å². The molecule has 0 aliphatic carbocycles. The molecule has 1 aliphatic heterocycles. The van der Waals surface area contributed by atoms with Gasteiger partial charge in [-0.3, -0.25) is 9.20 Å². The number of methoxy groups -OCH3 is 1. The van der Waals surface area contributed by atoms with Crippen molar-refractivity contribution in [1.29, 1.82) is 0 Å². The van der Waals surface area contributed by atoms with E-state index < -0.39 is 5.97 Å². The minimum atomic E-state index is -0.525. The Balaban J connectivity index is 1.18. The van der Waals surface area contributed by atoms with Gasteiger partial charge in [-0.2, -0.15) is 0 Å². The van der Waals surface area contributed by atoms with Gasteiger partial charge < -0.3 is 19.5 Å². The molecular formula is C27H22N4O5S2. The number of thioether (sulfide) groups is 1. The molecular weight excluding hydrogens is 524 g/mol. The first kappa shape index (κ1) is 24.3. The van der Waals surface area contributed by atoms with E-state index >= 15 is 0 Å². The Kier molecular flexibility index (Phi) is 6.61. The summed E-state index contributed by atoms with van der Waals surface area (Å²) in [5.74, 6) is 1.03. The normalized spacial score (nSPS) is 12.6. The lowest BCUT2D eigenvalue weighted by Crippen LogP contribution is -2.15. The number of hydrogen-bond donors (Lipinski definition) is 1. The molecule has 0 fully saturated rings. The van der Waals surface area contributed by atoms with E-state index in [0.29, 0.717) is 46.6 Å². The molecule has 192 valence electrons. The first-order valence-corrected chi connectivity index (χ1v) is 13.7. The van der Waals surface area contributed by atoms with Crippen LogP contribution in [0.25, 0.3) is 27.7 Å². The lowest BCUT2D eigenvalue weighted by atomic mass is 10.0. The molecule has 0 saturated heterocycles. The molecule has 11 heteroatoms. The van der Waals surface area contributed by atoms with Crippen LogP contribution in [0.5, 0.6) is 11.5 Å². The molecule has 0 radical (unpaired) electrons. The number of fused-ring (bicyclic) bond motifs is 4. The Morgan fingerprint density at radius 3 is 2.79 bits per heavy atom. The summed E-state index contributed by atoms with van der Waals surface area (Å²) < 4.78 is 18.3. The van der Waals surface area contributed by atoms with E-state index in [1.54, 1.807) is 0 Å². The third kappa shape index (κ3) is 4.54. The SMILES string of the molecule is COC(=O)c1c(-c2ccc3c(c2)OCCO3)csc1NC(=O)CCSc1nnc2ccc3ccccc3n12. The quantitative estimate of drug-likeness (QED) is 0.217. The number of para-hydroxylation sites is 1. The predicted octanol–water partition coefficient (Wildman–Crippen LogP) is 5.29. The number of ether oxygens (including phenoxy) is 3. The van der Waals surface area contributed by atoms with Gasteiger partial charge in [0.05, 0.1) is 12.6 Å². The molecule has 38 heavy (non-hydrogen) atoms. The number of esters is 1. The number of amides is 1. The van der Waals surface area contributed by atoms with E-state index in [9.17, 15) is 9.59 Å². The van der Waals surface area contributed by atoms with Crippen molar-refractivity contribution in [1.82, 2.24) is 14.6 Å². The van der Waals surface area contributed by atoms with Crippen molar-refractivity contribution >= 4 is 56.5 Å². The van der Waals surface area contributed by atoms with Crippen LogP contribution in [0.2, 0.25) is 0 Å². The standard InChI is InChI=1S/C27H22N4O5S2/c1-34-26(33)24-18(17-6-8-20-21(14-17)36-12-11-35-20)15-38-25(24)28-23(32)10-13-37-27-30-29-22-9-7-16-4-2-3-5-19(16)31(22)27/h2-9,14-15H,10-13H2,1H3,(H,28,32). The second-order valence-electron chi connectivity index (χ2n) is 8.42. The Morgan fingerprint density at radius 2 is 1.92 bits per heavy atom. The molecule has 0 bridgehead atoms. The summed E-state index contributed by atoms with van der Waals surface area (Å²) in [6, 6.07) is 17.5. The number of carbonyl (C=O) groups is 2. The fourth-order valence-electron chi connectivity index (χ4n) is 4.31. The molecule has 1 amide bonds.